The fraction of sp³-hybridized carbons (Fsp3) is 0. The molecule has 5 aromatic rings. The van der Waals surface area contributed by atoms with Crippen molar-refractivity contribution < 1.29 is 4.79 Å². The lowest BCUT2D eigenvalue weighted by atomic mass is 9.94. The van der Waals surface area contributed by atoms with Crippen LogP contribution in [-0.4, -0.2) is 15.8 Å². The van der Waals surface area contributed by atoms with Gasteiger partial charge >= 0.3 is 0 Å². The third kappa shape index (κ3) is 4.13. The van der Waals surface area contributed by atoms with Crippen molar-refractivity contribution in [3.05, 3.63) is 116 Å². The van der Waals surface area contributed by atoms with Crippen LogP contribution in [0.1, 0.15) is 15.9 Å². The Bertz CT molecular complexity index is 1630. The summed E-state index contributed by atoms with van der Waals surface area (Å²) in [5.74, 6) is -0.416. The summed E-state index contributed by atoms with van der Waals surface area (Å²) in [4.78, 5) is 33.6. The molecule has 0 saturated carbocycles. The van der Waals surface area contributed by atoms with Crippen LogP contribution in [0.2, 0.25) is 5.15 Å². The number of allylic oxidation sites excluding steroid dienone is 1. The molecule has 3 aromatic carbocycles. The van der Waals surface area contributed by atoms with E-state index in [9.17, 15) is 9.59 Å². The first kappa shape index (κ1) is 21.3. The number of nitrogens with zero attached hydrogens (tertiary/aromatic N) is 1. The van der Waals surface area contributed by atoms with Gasteiger partial charge in [0.25, 0.3) is 5.56 Å². The summed E-state index contributed by atoms with van der Waals surface area (Å²) in [5, 5.41) is 1.97. The topological polar surface area (TPSA) is 62.8 Å². The molecule has 6 heteroatoms. The summed E-state index contributed by atoms with van der Waals surface area (Å²) in [6.07, 6.45) is 2.97. The summed E-state index contributed by atoms with van der Waals surface area (Å²) in [6.45, 7) is 0. The second-order valence-corrected chi connectivity index (χ2v) is 8.79. The van der Waals surface area contributed by atoms with Crippen molar-refractivity contribution in [3.8, 4) is 11.1 Å². The maximum atomic E-state index is 13.4. The highest BCUT2D eigenvalue weighted by Crippen LogP contribution is 2.32. The second-order valence-electron chi connectivity index (χ2n) is 7.52. The minimum absolute atomic E-state index is 0.0768. The first-order valence-corrected chi connectivity index (χ1v) is 11.4. The number of carbonyl (C=O) groups excluding carboxylic acids is 1. The van der Waals surface area contributed by atoms with E-state index in [1.54, 1.807) is 6.08 Å². The molecule has 0 aliphatic heterocycles. The van der Waals surface area contributed by atoms with Gasteiger partial charge in [0.05, 0.1) is 11.1 Å². The van der Waals surface area contributed by atoms with E-state index < -0.39 is 11.3 Å². The van der Waals surface area contributed by atoms with E-state index in [2.05, 4.69) is 25.9 Å². The molecule has 2 heterocycles. The molecule has 0 saturated heterocycles. The number of carbonyl (C=O) groups is 1. The van der Waals surface area contributed by atoms with Crippen molar-refractivity contribution in [1.82, 2.24) is 9.97 Å². The number of halogens is 2. The molecule has 0 spiro atoms. The van der Waals surface area contributed by atoms with Crippen molar-refractivity contribution in [1.29, 1.82) is 0 Å². The number of aromatic amines is 1. The fourth-order valence-corrected chi connectivity index (χ4v) is 4.45. The quantitative estimate of drug-likeness (QED) is 0.158. The van der Waals surface area contributed by atoms with Crippen LogP contribution in [0.4, 0.5) is 0 Å². The van der Waals surface area contributed by atoms with Crippen LogP contribution in [0, 0.1) is 0 Å². The van der Waals surface area contributed by atoms with Crippen molar-refractivity contribution in [2.75, 3.05) is 0 Å². The van der Waals surface area contributed by atoms with Crippen LogP contribution in [0.25, 0.3) is 39.0 Å². The molecule has 33 heavy (non-hydrogen) atoms. The summed E-state index contributed by atoms with van der Waals surface area (Å²) < 4.78 is 0.849. The standard InChI is InChI=1S/C27H16BrClN2O2/c28-19-11-12-22-20(15-19)24(16-6-2-1-3-7-16)25(27(33)31-22)23(32)13-10-18-14-17-8-4-5-9-21(17)30-26(18)29/h1-15H,(H,31,33). The number of rotatable bonds is 4. The number of H-pyrrole nitrogens is 1. The summed E-state index contributed by atoms with van der Waals surface area (Å²) in [7, 11) is 0. The lowest BCUT2D eigenvalue weighted by Gasteiger charge is -2.12. The zero-order valence-corrected chi connectivity index (χ0v) is 19.5. The maximum absolute atomic E-state index is 13.4. The van der Waals surface area contributed by atoms with E-state index >= 15 is 0 Å². The summed E-state index contributed by atoms with van der Waals surface area (Å²) in [5.41, 5.74) is 3.04. The average Bonchev–Trinajstić information content (AvgIpc) is 2.82. The molecular formula is C27H16BrClN2O2. The SMILES string of the molecule is O=C(C=Cc1cc2ccccc2nc1Cl)c1c(-c2ccccc2)c2cc(Br)ccc2[nH]c1=O. The lowest BCUT2D eigenvalue weighted by Crippen LogP contribution is -2.18. The van der Waals surface area contributed by atoms with Gasteiger partial charge in [0.1, 0.15) is 5.15 Å². The van der Waals surface area contributed by atoms with Gasteiger partial charge in [0, 0.05) is 31.9 Å². The Morgan fingerprint density at radius 2 is 1.73 bits per heavy atom. The highest BCUT2D eigenvalue weighted by Gasteiger charge is 2.19. The van der Waals surface area contributed by atoms with Gasteiger partial charge in [-0.25, -0.2) is 4.98 Å². The molecule has 5 rings (SSSR count). The molecule has 0 bridgehead atoms. The van der Waals surface area contributed by atoms with Crippen LogP contribution in [0.15, 0.2) is 94.2 Å². The Kier molecular flexibility index (Phi) is 5.67. The molecule has 0 radical (unpaired) electrons. The van der Waals surface area contributed by atoms with Gasteiger partial charge in [-0.1, -0.05) is 76.1 Å². The number of fused-ring (bicyclic) bond motifs is 2. The second kappa shape index (κ2) is 8.77. The Morgan fingerprint density at radius 3 is 2.55 bits per heavy atom. The Labute approximate surface area is 202 Å². The van der Waals surface area contributed by atoms with E-state index in [4.69, 9.17) is 11.6 Å². The van der Waals surface area contributed by atoms with Crippen molar-refractivity contribution in [3.63, 3.8) is 0 Å². The van der Waals surface area contributed by atoms with Gasteiger partial charge in [0.2, 0.25) is 0 Å². The van der Waals surface area contributed by atoms with E-state index in [0.29, 0.717) is 16.6 Å². The molecule has 0 unspecified atom stereocenters. The highest BCUT2D eigenvalue weighted by atomic mass is 79.9. The van der Waals surface area contributed by atoms with Gasteiger partial charge in [0.15, 0.2) is 5.78 Å². The fourth-order valence-electron chi connectivity index (χ4n) is 3.88. The Balaban J connectivity index is 1.67. The third-order valence-corrected chi connectivity index (χ3v) is 6.20. The summed E-state index contributed by atoms with van der Waals surface area (Å²) >= 11 is 9.84. The molecule has 1 N–H and O–H groups in total. The molecule has 4 nitrogen and oxygen atoms in total. The molecule has 0 aliphatic carbocycles. The van der Waals surface area contributed by atoms with Gasteiger partial charge in [-0.05, 0) is 48.0 Å². The van der Waals surface area contributed by atoms with Crippen LogP contribution < -0.4 is 5.56 Å². The third-order valence-electron chi connectivity index (χ3n) is 5.40. The van der Waals surface area contributed by atoms with Crippen molar-refractivity contribution in [2.24, 2.45) is 0 Å². The van der Waals surface area contributed by atoms with Gasteiger partial charge in [-0.15, -0.1) is 0 Å². The number of benzene rings is 3. The predicted molar refractivity (Wildman–Crippen MR) is 138 cm³/mol. The Hall–Kier alpha value is -3.54. The number of nitrogens with one attached hydrogen (secondary N) is 1. The van der Waals surface area contributed by atoms with Crippen LogP contribution in [-0.2, 0) is 0 Å². The first-order chi connectivity index (χ1) is 16.0. The predicted octanol–water partition coefficient (Wildman–Crippen LogP) is 7.06. The molecule has 0 fully saturated rings. The van der Waals surface area contributed by atoms with Gasteiger partial charge in [-0.3, -0.25) is 9.59 Å². The largest absolute Gasteiger partial charge is 0.321 e. The highest BCUT2D eigenvalue weighted by molar-refractivity contribution is 9.10. The van der Waals surface area contributed by atoms with E-state index in [1.165, 1.54) is 6.08 Å². The average molecular weight is 516 g/mol. The van der Waals surface area contributed by atoms with E-state index in [0.717, 1.165) is 26.3 Å². The van der Waals surface area contributed by atoms with Gasteiger partial charge < -0.3 is 4.98 Å². The zero-order valence-electron chi connectivity index (χ0n) is 17.2. The lowest BCUT2D eigenvalue weighted by molar-refractivity contribution is 0.104. The van der Waals surface area contributed by atoms with Crippen LogP contribution in [0.5, 0.6) is 0 Å². The molecule has 0 atom stereocenters. The first-order valence-electron chi connectivity index (χ1n) is 10.2. The number of hydrogen-bond donors (Lipinski definition) is 1. The Morgan fingerprint density at radius 1 is 0.970 bits per heavy atom. The number of hydrogen-bond acceptors (Lipinski definition) is 3. The molecule has 160 valence electrons. The monoisotopic (exact) mass is 514 g/mol. The zero-order chi connectivity index (χ0) is 22.9. The smallest absolute Gasteiger partial charge is 0.260 e. The minimum Gasteiger partial charge on any atom is -0.321 e. The summed E-state index contributed by atoms with van der Waals surface area (Å²) in [6, 6.07) is 24.5. The van der Waals surface area contributed by atoms with Crippen LogP contribution in [0.3, 0.4) is 0 Å². The number of pyridine rings is 2. The van der Waals surface area contributed by atoms with E-state index in [1.807, 2.05) is 78.9 Å². The normalized spacial score (nSPS) is 11.5. The number of ketones is 1. The van der Waals surface area contributed by atoms with Crippen LogP contribution >= 0.6 is 27.5 Å². The molecule has 2 aromatic heterocycles. The molecular weight excluding hydrogens is 500 g/mol. The number of aromatic nitrogens is 2. The van der Waals surface area contributed by atoms with Gasteiger partial charge in [-0.2, -0.15) is 0 Å². The maximum Gasteiger partial charge on any atom is 0.260 e. The molecule has 0 amide bonds. The molecule has 0 aliphatic rings. The number of para-hydroxylation sites is 1. The minimum atomic E-state index is -0.443. The van der Waals surface area contributed by atoms with Crippen molar-refractivity contribution >= 4 is 61.2 Å². The van der Waals surface area contributed by atoms with E-state index in [-0.39, 0.29) is 10.7 Å². The van der Waals surface area contributed by atoms with Crippen molar-refractivity contribution in [2.45, 2.75) is 0 Å².